The zero-order valence-electron chi connectivity index (χ0n) is 14.6. The summed E-state index contributed by atoms with van der Waals surface area (Å²) in [5.74, 6) is -0.443. The van der Waals surface area contributed by atoms with Gasteiger partial charge in [-0.05, 0) is 61.2 Å². The van der Waals surface area contributed by atoms with Gasteiger partial charge in [0, 0.05) is 29.5 Å². The van der Waals surface area contributed by atoms with Gasteiger partial charge in [0.2, 0.25) is 0 Å². The average Bonchev–Trinajstić information content (AvgIpc) is 3.18. The molecule has 5 heteroatoms. The Morgan fingerprint density at radius 3 is 2.54 bits per heavy atom. The van der Waals surface area contributed by atoms with E-state index in [4.69, 9.17) is 11.6 Å². The fourth-order valence-corrected chi connectivity index (χ4v) is 3.16. The first-order valence-corrected chi connectivity index (χ1v) is 8.99. The predicted molar refractivity (Wildman–Crippen MR) is 106 cm³/mol. The van der Waals surface area contributed by atoms with Gasteiger partial charge in [0.15, 0.2) is 0 Å². The number of carbonyl (C=O) groups excluding carboxylic acids is 1. The smallest absolute Gasteiger partial charge is 0.266 e. The Morgan fingerprint density at radius 1 is 1.19 bits per heavy atom. The van der Waals surface area contributed by atoms with Crippen LogP contribution in [0.25, 0.3) is 6.08 Å². The number of hydrogen-bond acceptors (Lipinski definition) is 3. The number of rotatable bonds is 4. The van der Waals surface area contributed by atoms with E-state index in [1.165, 1.54) is 18.5 Å². The summed E-state index contributed by atoms with van der Waals surface area (Å²) in [5.41, 5.74) is 3.54. The summed E-state index contributed by atoms with van der Waals surface area (Å²) in [6.45, 7) is 4.04. The fraction of sp³-hybridized carbons (Fsp3) is 0.238. The van der Waals surface area contributed by atoms with Gasteiger partial charge in [0.25, 0.3) is 5.91 Å². The van der Waals surface area contributed by atoms with Crippen LogP contribution in [0.2, 0.25) is 5.02 Å². The van der Waals surface area contributed by atoms with Gasteiger partial charge in [-0.1, -0.05) is 29.8 Å². The third kappa shape index (κ3) is 4.25. The van der Waals surface area contributed by atoms with Crippen molar-refractivity contribution in [2.45, 2.75) is 19.8 Å². The molecule has 0 radical (unpaired) electrons. The maximum atomic E-state index is 12.4. The van der Waals surface area contributed by atoms with Crippen LogP contribution in [0.4, 0.5) is 11.4 Å². The molecule has 0 aliphatic carbocycles. The molecule has 132 valence electrons. The van der Waals surface area contributed by atoms with Crippen LogP contribution in [0.3, 0.4) is 0 Å². The van der Waals surface area contributed by atoms with Crippen LogP contribution in [0.15, 0.2) is 48.0 Å². The highest BCUT2D eigenvalue weighted by Crippen LogP contribution is 2.23. The molecule has 0 unspecified atom stereocenters. The topological polar surface area (TPSA) is 56.1 Å². The number of nitrogens with one attached hydrogen (secondary N) is 1. The van der Waals surface area contributed by atoms with Crippen LogP contribution in [-0.2, 0) is 4.79 Å². The molecule has 0 bridgehead atoms. The van der Waals surface area contributed by atoms with Crippen LogP contribution < -0.4 is 10.2 Å². The summed E-state index contributed by atoms with van der Waals surface area (Å²) in [4.78, 5) is 14.8. The van der Waals surface area contributed by atoms with E-state index in [0.717, 1.165) is 24.2 Å². The third-order valence-electron chi connectivity index (χ3n) is 4.49. The molecule has 3 rings (SSSR count). The van der Waals surface area contributed by atoms with Crippen LogP contribution in [0, 0.1) is 18.3 Å². The van der Waals surface area contributed by atoms with E-state index in [1.807, 2.05) is 43.3 Å². The Labute approximate surface area is 158 Å². The normalized spacial score (nSPS) is 14.2. The molecule has 1 N–H and O–H groups in total. The zero-order chi connectivity index (χ0) is 18.5. The third-order valence-corrected chi connectivity index (χ3v) is 4.72. The number of nitrogens with zero attached hydrogens (tertiary/aromatic N) is 2. The first-order chi connectivity index (χ1) is 12.6. The molecule has 26 heavy (non-hydrogen) atoms. The highest BCUT2D eigenvalue weighted by Gasteiger charge is 2.13. The first kappa shape index (κ1) is 18.0. The SMILES string of the molecule is Cc1ccc(Cl)cc1NC(=O)C(C#N)=Cc1ccc(N2CCCC2)cc1. The van der Waals surface area contributed by atoms with E-state index in [-0.39, 0.29) is 5.57 Å². The molecular formula is C21H20ClN3O. The standard InChI is InChI=1S/C21H20ClN3O/c1-15-4-7-18(22)13-20(15)24-21(26)17(14-23)12-16-5-8-19(9-6-16)25-10-2-3-11-25/h4-9,12-13H,2-3,10-11H2,1H3,(H,24,26). The number of nitriles is 1. The van der Waals surface area contributed by atoms with E-state index in [0.29, 0.717) is 10.7 Å². The second-order valence-corrected chi connectivity index (χ2v) is 6.81. The minimum atomic E-state index is -0.443. The Kier molecular flexibility index (Phi) is 5.60. The summed E-state index contributed by atoms with van der Waals surface area (Å²) >= 11 is 5.98. The summed E-state index contributed by atoms with van der Waals surface area (Å²) < 4.78 is 0. The first-order valence-electron chi connectivity index (χ1n) is 8.61. The summed E-state index contributed by atoms with van der Waals surface area (Å²) in [5, 5.41) is 12.7. The van der Waals surface area contributed by atoms with E-state index >= 15 is 0 Å². The lowest BCUT2D eigenvalue weighted by Crippen LogP contribution is -2.17. The fourth-order valence-electron chi connectivity index (χ4n) is 2.99. The molecule has 1 aliphatic heterocycles. The van der Waals surface area contributed by atoms with Gasteiger partial charge in [-0.25, -0.2) is 0 Å². The van der Waals surface area contributed by atoms with Gasteiger partial charge in [-0.3, -0.25) is 4.79 Å². The monoisotopic (exact) mass is 365 g/mol. The largest absolute Gasteiger partial charge is 0.372 e. The van der Waals surface area contributed by atoms with E-state index in [1.54, 1.807) is 18.2 Å². The zero-order valence-corrected chi connectivity index (χ0v) is 15.4. The number of hydrogen-bond donors (Lipinski definition) is 1. The van der Waals surface area contributed by atoms with E-state index < -0.39 is 5.91 Å². The lowest BCUT2D eigenvalue weighted by atomic mass is 10.1. The number of carbonyl (C=O) groups is 1. The number of halogens is 1. The molecule has 1 saturated heterocycles. The molecule has 0 saturated carbocycles. The molecule has 0 atom stereocenters. The number of anilines is 2. The number of aryl methyl sites for hydroxylation is 1. The van der Waals surface area contributed by atoms with Gasteiger partial charge in [0.1, 0.15) is 11.6 Å². The molecule has 1 heterocycles. The van der Waals surface area contributed by atoms with Crippen LogP contribution >= 0.6 is 11.6 Å². The maximum absolute atomic E-state index is 12.4. The highest BCUT2D eigenvalue weighted by molar-refractivity contribution is 6.31. The van der Waals surface area contributed by atoms with Crippen molar-refractivity contribution in [2.75, 3.05) is 23.3 Å². The van der Waals surface area contributed by atoms with Crippen LogP contribution in [0.1, 0.15) is 24.0 Å². The van der Waals surface area contributed by atoms with Crippen molar-refractivity contribution in [3.8, 4) is 6.07 Å². The Balaban J connectivity index is 1.75. The number of benzene rings is 2. The lowest BCUT2D eigenvalue weighted by Gasteiger charge is -2.17. The van der Waals surface area contributed by atoms with E-state index in [2.05, 4.69) is 10.2 Å². The van der Waals surface area contributed by atoms with Crippen molar-refractivity contribution in [3.05, 3.63) is 64.2 Å². The van der Waals surface area contributed by atoms with Crippen molar-refractivity contribution < 1.29 is 4.79 Å². The van der Waals surface area contributed by atoms with Crippen molar-refractivity contribution in [1.29, 1.82) is 5.26 Å². The minimum absolute atomic E-state index is 0.0540. The van der Waals surface area contributed by atoms with Gasteiger partial charge in [0.05, 0.1) is 0 Å². The molecule has 2 aromatic carbocycles. The Bertz CT molecular complexity index is 875. The predicted octanol–water partition coefficient (Wildman–Crippen LogP) is 4.79. The maximum Gasteiger partial charge on any atom is 0.266 e. The molecule has 1 aliphatic rings. The molecule has 1 fully saturated rings. The molecule has 0 aromatic heterocycles. The van der Waals surface area contributed by atoms with Gasteiger partial charge < -0.3 is 10.2 Å². The van der Waals surface area contributed by atoms with Crippen LogP contribution in [-0.4, -0.2) is 19.0 Å². The molecular weight excluding hydrogens is 346 g/mol. The number of amides is 1. The van der Waals surface area contributed by atoms with Crippen LogP contribution in [0.5, 0.6) is 0 Å². The highest BCUT2D eigenvalue weighted by atomic mass is 35.5. The van der Waals surface area contributed by atoms with Crippen molar-refractivity contribution in [1.82, 2.24) is 0 Å². The molecule has 2 aromatic rings. The molecule has 4 nitrogen and oxygen atoms in total. The second-order valence-electron chi connectivity index (χ2n) is 6.37. The lowest BCUT2D eigenvalue weighted by molar-refractivity contribution is -0.112. The second kappa shape index (κ2) is 8.07. The summed E-state index contributed by atoms with van der Waals surface area (Å²) in [6.07, 6.45) is 4.05. The van der Waals surface area contributed by atoms with Gasteiger partial charge >= 0.3 is 0 Å². The van der Waals surface area contributed by atoms with Crippen molar-refractivity contribution >= 4 is 35.0 Å². The average molecular weight is 366 g/mol. The quantitative estimate of drug-likeness (QED) is 0.625. The van der Waals surface area contributed by atoms with E-state index in [9.17, 15) is 10.1 Å². The van der Waals surface area contributed by atoms with Crippen molar-refractivity contribution in [3.63, 3.8) is 0 Å². The Hall–Kier alpha value is -2.77. The van der Waals surface area contributed by atoms with Gasteiger partial charge in [-0.15, -0.1) is 0 Å². The Morgan fingerprint density at radius 2 is 1.88 bits per heavy atom. The summed E-state index contributed by atoms with van der Waals surface area (Å²) in [7, 11) is 0. The summed E-state index contributed by atoms with van der Waals surface area (Å²) in [6, 6.07) is 15.2. The van der Waals surface area contributed by atoms with Crippen molar-refractivity contribution in [2.24, 2.45) is 0 Å². The van der Waals surface area contributed by atoms with Gasteiger partial charge in [-0.2, -0.15) is 5.26 Å². The molecule has 0 spiro atoms. The minimum Gasteiger partial charge on any atom is -0.372 e. The molecule has 1 amide bonds.